The lowest BCUT2D eigenvalue weighted by molar-refractivity contribution is 0.181. The van der Waals surface area contributed by atoms with Gasteiger partial charge in [0.15, 0.2) is 11.6 Å². The number of hydrogen-bond acceptors (Lipinski definition) is 3. The van der Waals surface area contributed by atoms with Gasteiger partial charge in [0.25, 0.3) is 0 Å². The van der Waals surface area contributed by atoms with Crippen molar-refractivity contribution >= 4 is 6.03 Å². The molecule has 0 unspecified atom stereocenters. The Kier molecular flexibility index (Phi) is 5.06. The molecule has 134 valence electrons. The fourth-order valence-corrected chi connectivity index (χ4v) is 3.06. The Hall–Kier alpha value is -2.37. The summed E-state index contributed by atoms with van der Waals surface area (Å²) in [5.41, 5.74) is 1.36. The first-order chi connectivity index (χ1) is 11.9. The summed E-state index contributed by atoms with van der Waals surface area (Å²) in [4.78, 5) is 14.2. The van der Waals surface area contributed by atoms with Crippen LogP contribution in [-0.4, -0.2) is 38.8 Å². The van der Waals surface area contributed by atoms with Crippen LogP contribution in [0.3, 0.4) is 0 Å². The monoisotopic (exact) mass is 341 g/mol. The first-order valence-electron chi connectivity index (χ1n) is 8.94. The minimum atomic E-state index is -0.00980. The van der Waals surface area contributed by atoms with Crippen molar-refractivity contribution in [1.82, 2.24) is 25.0 Å². The lowest BCUT2D eigenvalue weighted by atomic mass is 9.91. The zero-order valence-electron chi connectivity index (χ0n) is 15.3. The molecule has 0 aliphatic carbocycles. The molecule has 2 aromatic rings. The number of nitrogens with zero attached hydrogens (tertiary/aromatic N) is 4. The number of amides is 2. The van der Waals surface area contributed by atoms with Crippen LogP contribution in [0.2, 0.25) is 0 Å². The Morgan fingerprint density at radius 2 is 1.92 bits per heavy atom. The highest BCUT2D eigenvalue weighted by Gasteiger charge is 2.24. The Balaban J connectivity index is 1.57. The van der Waals surface area contributed by atoms with E-state index in [9.17, 15) is 4.79 Å². The number of rotatable bonds is 4. The molecule has 0 spiro atoms. The highest BCUT2D eigenvalue weighted by molar-refractivity contribution is 5.74. The number of fused-ring (bicyclic) bond motifs is 1. The average molecular weight is 341 g/mol. The van der Waals surface area contributed by atoms with E-state index in [-0.39, 0.29) is 6.03 Å². The van der Waals surface area contributed by atoms with Crippen molar-refractivity contribution in [3.05, 3.63) is 36.2 Å². The topological polar surface area (TPSA) is 63.1 Å². The van der Waals surface area contributed by atoms with Crippen molar-refractivity contribution in [2.75, 3.05) is 13.1 Å². The van der Waals surface area contributed by atoms with Crippen LogP contribution in [0.5, 0.6) is 0 Å². The maximum absolute atomic E-state index is 12.4. The van der Waals surface area contributed by atoms with Crippen LogP contribution in [-0.2, 0) is 13.1 Å². The normalized spacial score (nSPS) is 14.3. The van der Waals surface area contributed by atoms with Gasteiger partial charge in [0.1, 0.15) is 0 Å². The van der Waals surface area contributed by atoms with E-state index >= 15 is 0 Å². The van der Waals surface area contributed by atoms with Crippen LogP contribution < -0.4 is 5.32 Å². The SMILES string of the molecule is CC(C)(C)CCCNC(=O)N1CCn2c(nnc2-c2ccccc2)C1. The minimum Gasteiger partial charge on any atom is -0.338 e. The molecule has 0 radical (unpaired) electrons. The first kappa shape index (κ1) is 17.5. The molecule has 0 fully saturated rings. The smallest absolute Gasteiger partial charge is 0.317 e. The second-order valence-corrected chi connectivity index (χ2v) is 7.78. The number of hydrogen-bond donors (Lipinski definition) is 1. The lowest BCUT2D eigenvalue weighted by Gasteiger charge is -2.28. The summed E-state index contributed by atoms with van der Waals surface area (Å²) in [5.74, 6) is 1.72. The lowest BCUT2D eigenvalue weighted by Crippen LogP contribution is -2.44. The number of benzene rings is 1. The van der Waals surface area contributed by atoms with Crippen LogP contribution >= 0.6 is 0 Å². The fraction of sp³-hybridized carbons (Fsp3) is 0.526. The molecule has 0 bridgehead atoms. The fourth-order valence-electron chi connectivity index (χ4n) is 3.06. The van der Waals surface area contributed by atoms with Gasteiger partial charge in [-0.1, -0.05) is 51.1 Å². The Labute approximate surface area is 149 Å². The van der Waals surface area contributed by atoms with Gasteiger partial charge >= 0.3 is 6.03 Å². The summed E-state index contributed by atoms with van der Waals surface area (Å²) in [6.07, 6.45) is 2.10. The summed E-state index contributed by atoms with van der Waals surface area (Å²) in [6, 6.07) is 10.0. The summed E-state index contributed by atoms with van der Waals surface area (Å²) in [7, 11) is 0. The number of carbonyl (C=O) groups is 1. The first-order valence-corrected chi connectivity index (χ1v) is 8.94. The quantitative estimate of drug-likeness (QED) is 0.868. The number of nitrogens with one attached hydrogen (secondary N) is 1. The van der Waals surface area contributed by atoms with E-state index in [2.05, 4.69) is 40.9 Å². The van der Waals surface area contributed by atoms with E-state index < -0.39 is 0 Å². The number of urea groups is 1. The summed E-state index contributed by atoms with van der Waals surface area (Å²) < 4.78 is 2.11. The molecule has 0 saturated carbocycles. The molecule has 2 heterocycles. The highest BCUT2D eigenvalue weighted by atomic mass is 16.2. The summed E-state index contributed by atoms with van der Waals surface area (Å²) in [5, 5.41) is 11.6. The maximum Gasteiger partial charge on any atom is 0.317 e. The molecular weight excluding hydrogens is 314 g/mol. The van der Waals surface area contributed by atoms with E-state index in [0.29, 0.717) is 25.0 Å². The summed E-state index contributed by atoms with van der Waals surface area (Å²) in [6.45, 7) is 9.28. The zero-order chi connectivity index (χ0) is 17.9. The van der Waals surface area contributed by atoms with Gasteiger partial charge in [-0.15, -0.1) is 10.2 Å². The molecule has 1 aliphatic heterocycles. The largest absolute Gasteiger partial charge is 0.338 e. The third-order valence-corrected chi connectivity index (χ3v) is 4.45. The van der Waals surface area contributed by atoms with E-state index in [1.807, 2.05) is 35.2 Å². The van der Waals surface area contributed by atoms with Crippen molar-refractivity contribution in [3.63, 3.8) is 0 Å². The third-order valence-electron chi connectivity index (χ3n) is 4.45. The van der Waals surface area contributed by atoms with Gasteiger partial charge in [-0.2, -0.15) is 0 Å². The Morgan fingerprint density at radius 3 is 2.64 bits per heavy atom. The van der Waals surface area contributed by atoms with Gasteiger partial charge < -0.3 is 14.8 Å². The van der Waals surface area contributed by atoms with Crippen molar-refractivity contribution in [2.24, 2.45) is 5.41 Å². The predicted molar refractivity (Wildman–Crippen MR) is 98.0 cm³/mol. The van der Waals surface area contributed by atoms with Gasteiger partial charge in [-0.25, -0.2) is 4.79 Å². The minimum absolute atomic E-state index is 0.00980. The predicted octanol–water partition coefficient (Wildman–Crippen LogP) is 3.30. The molecule has 25 heavy (non-hydrogen) atoms. The molecular formula is C19H27N5O. The molecule has 1 N–H and O–H groups in total. The molecule has 3 rings (SSSR count). The molecule has 1 aromatic heterocycles. The zero-order valence-corrected chi connectivity index (χ0v) is 15.3. The van der Waals surface area contributed by atoms with Crippen molar-refractivity contribution in [1.29, 1.82) is 0 Å². The molecule has 2 amide bonds. The van der Waals surface area contributed by atoms with Gasteiger partial charge in [0.05, 0.1) is 6.54 Å². The summed E-state index contributed by atoms with van der Waals surface area (Å²) >= 11 is 0. The standard InChI is InChI=1S/C19H27N5O/c1-19(2,3)10-7-11-20-18(25)23-12-13-24-16(14-23)21-22-17(24)15-8-5-4-6-9-15/h4-6,8-9H,7,10-14H2,1-3H3,(H,20,25). The molecule has 6 nitrogen and oxygen atoms in total. The van der Waals surface area contributed by atoms with Crippen LogP contribution in [0.25, 0.3) is 11.4 Å². The van der Waals surface area contributed by atoms with E-state index in [1.54, 1.807) is 0 Å². The van der Waals surface area contributed by atoms with Gasteiger partial charge in [-0.05, 0) is 18.3 Å². The molecule has 0 saturated heterocycles. The van der Waals surface area contributed by atoms with Crippen molar-refractivity contribution in [3.8, 4) is 11.4 Å². The number of aromatic nitrogens is 3. The van der Waals surface area contributed by atoms with Crippen molar-refractivity contribution in [2.45, 2.75) is 46.7 Å². The van der Waals surface area contributed by atoms with Gasteiger partial charge in [0, 0.05) is 25.2 Å². The molecule has 1 aromatic carbocycles. The third kappa shape index (κ3) is 4.38. The van der Waals surface area contributed by atoms with E-state index in [1.165, 1.54) is 0 Å². The van der Waals surface area contributed by atoms with Gasteiger partial charge in [0.2, 0.25) is 0 Å². The van der Waals surface area contributed by atoms with E-state index in [4.69, 9.17) is 0 Å². The highest BCUT2D eigenvalue weighted by Crippen LogP contribution is 2.22. The van der Waals surface area contributed by atoms with Crippen LogP contribution in [0.1, 0.15) is 39.4 Å². The molecule has 6 heteroatoms. The van der Waals surface area contributed by atoms with Crippen LogP contribution in [0.4, 0.5) is 4.79 Å². The van der Waals surface area contributed by atoms with Crippen LogP contribution in [0, 0.1) is 5.41 Å². The Bertz CT molecular complexity index is 717. The average Bonchev–Trinajstić information content (AvgIpc) is 3.01. The Morgan fingerprint density at radius 1 is 1.16 bits per heavy atom. The maximum atomic E-state index is 12.4. The molecule has 0 atom stereocenters. The molecule has 1 aliphatic rings. The van der Waals surface area contributed by atoms with Crippen LogP contribution in [0.15, 0.2) is 30.3 Å². The second-order valence-electron chi connectivity index (χ2n) is 7.78. The number of carbonyl (C=O) groups excluding carboxylic acids is 1. The second kappa shape index (κ2) is 7.25. The van der Waals surface area contributed by atoms with Gasteiger partial charge in [-0.3, -0.25) is 0 Å². The van der Waals surface area contributed by atoms with Crippen molar-refractivity contribution < 1.29 is 4.79 Å². The van der Waals surface area contributed by atoms with E-state index in [0.717, 1.165) is 36.6 Å².